The van der Waals surface area contributed by atoms with Crippen molar-refractivity contribution in [1.82, 2.24) is 0 Å². The van der Waals surface area contributed by atoms with Gasteiger partial charge in [0.25, 0.3) is 0 Å². The van der Waals surface area contributed by atoms with Gasteiger partial charge in [0.1, 0.15) is 0 Å². The first kappa shape index (κ1) is 15.2. The number of anilines is 1. The molecule has 1 nitrogen and oxygen atoms in total. The average Bonchev–Trinajstić information content (AvgIpc) is 2.65. The minimum Gasteiger partial charge on any atom is -0.378 e. The maximum atomic E-state index is 13.3. The van der Waals surface area contributed by atoms with Crippen LogP contribution in [0.4, 0.5) is 10.1 Å². The zero-order chi connectivity index (χ0) is 14.2. The summed E-state index contributed by atoms with van der Waals surface area (Å²) in [5.41, 5.74) is 1.48. The van der Waals surface area contributed by atoms with Gasteiger partial charge in [-0.15, -0.1) is 11.3 Å². The lowest BCUT2D eigenvalue weighted by Crippen LogP contribution is -2.06. The Morgan fingerprint density at radius 3 is 2.16 bits per heavy atom. The number of nitrogens with one attached hydrogen (secondary N) is 1. The van der Waals surface area contributed by atoms with Crippen molar-refractivity contribution in [3.8, 4) is 0 Å². The van der Waals surface area contributed by atoms with Crippen LogP contribution in [0.3, 0.4) is 0 Å². The molecule has 102 valence electrons. The highest BCUT2D eigenvalue weighted by molar-refractivity contribution is 7.20. The molecule has 2 aromatic rings. The first-order valence-electron chi connectivity index (χ1n) is 5.24. The molecule has 0 aliphatic heterocycles. The van der Waals surface area contributed by atoms with Crippen molar-refractivity contribution in [2.45, 2.75) is 13.0 Å². The average molecular weight is 359 g/mol. The second kappa shape index (κ2) is 6.06. The quantitative estimate of drug-likeness (QED) is 0.603. The molecule has 7 heteroatoms. The van der Waals surface area contributed by atoms with Crippen LogP contribution in [0.25, 0.3) is 0 Å². The van der Waals surface area contributed by atoms with Gasteiger partial charge in [-0.3, -0.25) is 0 Å². The van der Waals surface area contributed by atoms with E-state index in [0.29, 0.717) is 14.4 Å². The Kier molecular flexibility index (Phi) is 4.85. The van der Waals surface area contributed by atoms with Crippen LogP contribution in [-0.2, 0) is 0 Å². The molecule has 19 heavy (non-hydrogen) atoms. The number of benzene rings is 1. The van der Waals surface area contributed by atoms with Crippen LogP contribution in [0, 0.1) is 5.82 Å². The third-order valence-corrected chi connectivity index (χ3v) is 4.58. The van der Waals surface area contributed by atoms with Crippen LogP contribution in [0.2, 0.25) is 18.7 Å². The minimum atomic E-state index is -0.627. The van der Waals surface area contributed by atoms with Crippen LogP contribution < -0.4 is 5.32 Å². The fourth-order valence-corrected chi connectivity index (χ4v) is 3.75. The van der Waals surface area contributed by atoms with Gasteiger partial charge in [-0.1, -0.05) is 46.4 Å². The Bertz CT molecular complexity index is 591. The Labute approximate surface area is 134 Å². The van der Waals surface area contributed by atoms with Crippen LogP contribution in [-0.4, -0.2) is 0 Å². The van der Waals surface area contributed by atoms with E-state index in [-0.39, 0.29) is 16.1 Å². The molecular weight excluding hydrogens is 351 g/mol. The smallest absolute Gasteiger partial charge is 0.160 e. The van der Waals surface area contributed by atoms with E-state index in [1.165, 1.54) is 23.5 Å². The Morgan fingerprint density at radius 1 is 1.11 bits per heavy atom. The SMILES string of the molecule is CC(Nc1cc(Cl)c(F)c(Cl)c1)c1cc(Cl)sc1Cl. The summed E-state index contributed by atoms with van der Waals surface area (Å²) in [6.07, 6.45) is 0. The van der Waals surface area contributed by atoms with E-state index in [2.05, 4.69) is 5.32 Å². The molecule has 1 heterocycles. The Hall–Kier alpha value is -0.190. The molecule has 0 aliphatic carbocycles. The van der Waals surface area contributed by atoms with E-state index in [1.54, 1.807) is 6.07 Å². The lowest BCUT2D eigenvalue weighted by Gasteiger charge is -2.15. The fourth-order valence-electron chi connectivity index (χ4n) is 1.61. The van der Waals surface area contributed by atoms with Crippen LogP contribution in [0.15, 0.2) is 18.2 Å². The molecule has 1 atom stereocenters. The summed E-state index contributed by atoms with van der Waals surface area (Å²) in [6.45, 7) is 1.91. The van der Waals surface area contributed by atoms with Crippen molar-refractivity contribution < 1.29 is 4.39 Å². The molecular formula is C12H8Cl4FNS. The number of halogens is 5. The Balaban J connectivity index is 2.24. The Morgan fingerprint density at radius 2 is 1.68 bits per heavy atom. The predicted octanol–water partition coefficient (Wildman–Crippen LogP) is 6.67. The first-order valence-corrected chi connectivity index (χ1v) is 7.57. The molecule has 1 N–H and O–H groups in total. The molecule has 0 bridgehead atoms. The number of rotatable bonds is 3. The second-order valence-corrected chi connectivity index (χ2v) is 7.00. The standard InChI is InChI=1S/C12H8Cl4FNS/c1-5(7-4-10(15)19-12(7)16)18-6-2-8(13)11(17)9(14)3-6/h2-5,18H,1H3. The summed E-state index contributed by atoms with van der Waals surface area (Å²) in [4.78, 5) is 0. The lowest BCUT2D eigenvalue weighted by atomic mass is 10.1. The van der Waals surface area contributed by atoms with Gasteiger partial charge < -0.3 is 5.32 Å². The van der Waals surface area contributed by atoms with Gasteiger partial charge in [0.05, 0.1) is 24.8 Å². The van der Waals surface area contributed by atoms with E-state index >= 15 is 0 Å². The molecule has 2 rings (SSSR count). The summed E-state index contributed by atoms with van der Waals surface area (Å²) in [5, 5.41) is 3.09. The van der Waals surface area contributed by atoms with Crippen molar-refractivity contribution in [2.75, 3.05) is 5.32 Å². The van der Waals surface area contributed by atoms with Gasteiger partial charge in [-0.25, -0.2) is 4.39 Å². The van der Waals surface area contributed by atoms with E-state index in [9.17, 15) is 4.39 Å². The monoisotopic (exact) mass is 357 g/mol. The van der Waals surface area contributed by atoms with Gasteiger partial charge in [0.2, 0.25) is 0 Å². The van der Waals surface area contributed by atoms with Crippen LogP contribution >= 0.6 is 57.7 Å². The lowest BCUT2D eigenvalue weighted by molar-refractivity contribution is 0.628. The van der Waals surface area contributed by atoms with Crippen molar-refractivity contribution in [3.05, 3.63) is 48.3 Å². The summed E-state index contributed by atoms with van der Waals surface area (Å²) in [5.74, 6) is -0.627. The second-order valence-electron chi connectivity index (χ2n) is 3.90. The van der Waals surface area contributed by atoms with E-state index in [4.69, 9.17) is 46.4 Å². The third-order valence-electron chi connectivity index (χ3n) is 2.52. The summed E-state index contributed by atoms with van der Waals surface area (Å²) in [7, 11) is 0. The highest BCUT2D eigenvalue weighted by Gasteiger charge is 2.15. The van der Waals surface area contributed by atoms with Crippen molar-refractivity contribution in [2.24, 2.45) is 0 Å². The van der Waals surface area contributed by atoms with E-state index < -0.39 is 5.82 Å². The zero-order valence-corrected chi connectivity index (χ0v) is 13.4. The predicted molar refractivity (Wildman–Crippen MR) is 82.8 cm³/mol. The molecule has 0 spiro atoms. The van der Waals surface area contributed by atoms with Crippen molar-refractivity contribution >= 4 is 63.4 Å². The molecule has 0 saturated carbocycles. The normalized spacial score (nSPS) is 12.5. The molecule has 0 amide bonds. The topological polar surface area (TPSA) is 12.0 Å². The largest absolute Gasteiger partial charge is 0.378 e. The van der Waals surface area contributed by atoms with Gasteiger partial charge in [0, 0.05) is 11.3 Å². The summed E-state index contributed by atoms with van der Waals surface area (Å²) >= 11 is 24.7. The molecule has 0 fully saturated rings. The van der Waals surface area contributed by atoms with Gasteiger partial charge >= 0.3 is 0 Å². The number of hydrogen-bond acceptors (Lipinski definition) is 2. The maximum absolute atomic E-state index is 13.3. The van der Waals surface area contributed by atoms with Crippen molar-refractivity contribution in [3.63, 3.8) is 0 Å². The molecule has 0 aliphatic rings. The van der Waals surface area contributed by atoms with E-state index in [0.717, 1.165) is 5.56 Å². The number of hydrogen-bond donors (Lipinski definition) is 1. The highest BCUT2D eigenvalue weighted by atomic mass is 35.5. The summed E-state index contributed by atoms with van der Waals surface area (Å²) < 4.78 is 14.5. The molecule has 1 aromatic heterocycles. The zero-order valence-electron chi connectivity index (χ0n) is 9.61. The molecule has 1 aromatic carbocycles. The maximum Gasteiger partial charge on any atom is 0.160 e. The van der Waals surface area contributed by atoms with E-state index in [1.807, 2.05) is 6.92 Å². The third kappa shape index (κ3) is 3.47. The molecule has 0 saturated heterocycles. The van der Waals surface area contributed by atoms with Gasteiger partial charge in [0.15, 0.2) is 5.82 Å². The van der Waals surface area contributed by atoms with Gasteiger partial charge in [-0.05, 0) is 25.1 Å². The van der Waals surface area contributed by atoms with Crippen LogP contribution in [0.1, 0.15) is 18.5 Å². The van der Waals surface area contributed by atoms with Crippen LogP contribution in [0.5, 0.6) is 0 Å². The first-order chi connectivity index (χ1) is 8.88. The highest BCUT2D eigenvalue weighted by Crippen LogP contribution is 2.37. The molecule has 1 unspecified atom stereocenters. The van der Waals surface area contributed by atoms with Crippen molar-refractivity contribution in [1.29, 1.82) is 0 Å². The molecule has 0 radical (unpaired) electrons. The van der Waals surface area contributed by atoms with Gasteiger partial charge in [-0.2, -0.15) is 0 Å². The number of thiophene rings is 1. The minimum absolute atomic E-state index is 0.0309. The summed E-state index contributed by atoms with van der Waals surface area (Å²) in [6, 6.07) is 4.63. The fraction of sp³-hybridized carbons (Fsp3) is 0.167.